The average molecular weight is 507 g/mol. The van der Waals surface area contributed by atoms with Gasteiger partial charge < -0.3 is 4.74 Å². The first-order chi connectivity index (χ1) is 16.6. The van der Waals surface area contributed by atoms with Crippen LogP contribution in [0, 0.1) is 0 Å². The summed E-state index contributed by atoms with van der Waals surface area (Å²) in [7, 11) is 0. The molecule has 1 aromatic heterocycles. The van der Waals surface area contributed by atoms with Crippen molar-refractivity contribution in [3.63, 3.8) is 0 Å². The van der Waals surface area contributed by atoms with Gasteiger partial charge in [0, 0.05) is 4.90 Å². The summed E-state index contributed by atoms with van der Waals surface area (Å²) in [5, 5.41) is 0. The van der Waals surface area contributed by atoms with Gasteiger partial charge in [0.05, 0.1) is 28.5 Å². The Hall–Kier alpha value is -2.90. The summed E-state index contributed by atoms with van der Waals surface area (Å²) < 4.78 is 7.58. The van der Waals surface area contributed by atoms with Crippen LogP contribution in [0.4, 0.5) is 0 Å². The predicted octanol–water partition coefficient (Wildman–Crippen LogP) is 4.82. The molecule has 1 atom stereocenters. The quantitative estimate of drug-likeness (QED) is 0.368. The molecule has 1 unspecified atom stereocenters. The van der Waals surface area contributed by atoms with Crippen molar-refractivity contribution >= 4 is 35.1 Å². The number of ether oxygens (including phenoxy) is 1. The lowest BCUT2D eigenvalue weighted by Crippen LogP contribution is -2.39. The van der Waals surface area contributed by atoms with Gasteiger partial charge in [-0.25, -0.2) is 9.79 Å². The zero-order valence-corrected chi connectivity index (χ0v) is 22.5. The summed E-state index contributed by atoms with van der Waals surface area (Å²) in [5.41, 5.74) is 3.90. The van der Waals surface area contributed by atoms with Gasteiger partial charge in [-0.2, -0.15) is 0 Å². The number of esters is 1. The van der Waals surface area contributed by atoms with Crippen molar-refractivity contribution in [1.82, 2.24) is 4.57 Å². The van der Waals surface area contributed by atoms with E-state index in [4.69, 9.17) is 4.74 Å². The van der Waals surface area contributed by atoms with E-state index in [0.717, 1.165) is 16.0 Å². The molecule has 3 aromatic rings. The molecule has 5 nitrogen and oxygen atoms in total. The van der Waals surface area contributed by atoms with Crippen LogP contribution in [0.5, 0.6) is 0 Å². The number of thioether (sulfide) groups is 1. The van der Waals surface area contributed by atoms with Gasteiger partial charge in [0.1, 0.15) is 0 Å². The summed E-state index contributed by atoms with van der Waals surface area (Å²) in [6, 6.07) is 15.6. The Morgan fingerprint density at radius 2 is 1.80 bits per heavy atom. The van der Waals surface area contributed by atoms with Crippen LogP contribution in [0.1, 0.15) is 57.4 Å². The predicted molar refractivity (Wildman–Crippen MR) is 144 cm³/mol. The molecular formula is C28H30N2O3S2. The number of carbonyl (C=O) groups excluding carboxylic acids is 1. The molecule has 2 aromatic carbocycles. The number of fused-ring (bicyclic) bond motifs is 1. The lowest BCUT2D eigenvalue weighted by Gasteiger charge is -2.24. The topological polar surface area (TPSA) is 60.7 Å². The summed E-state index contributed by atoms with van der Waals surface area (Å²) in [6.07, 6.45) is 3.91. The number of nitrogens with zero attached hydrogens (tertiary/aromatic N) is 2. The molecule has 1 aliphatic heterocycles. The van der Waals surface area contributed by atoms with Gasteiger partial charge in [0.25, 0.3) is 5.56 Å². The molecule has 0 aliphatic carbocycles. The Labute approximate surface area is 213 Å². The van der Waals surface area contributed by atoms with E-state index in [-0.39, 0.29) is 17.6 Å². The fraction of sp³-hybridized carbons (Fsp3) is 0.321. The first-order valence-electron chi connectivity index (χ1n) is 11.6. The maximum atomic E-state index is 13.7. The van der Waals surface area contributed by atoms with Gasteiger partial charge in [-0.15, -0.1) is 11.8 Å². The molecule has 0 radical (unpaired) electrons. The Bertz CT molecular complexity index is 1450. The van der Waals surface area contributed by atoms with Crippen molar-refractivity contribution in [1.29, 1.82) is 0 Å². The first-order valence-corrected chi connectivity index (χ1v) is 13.6. The van der Waals surface area contributed by atoms with Gasteiger partial charge in [0.15, 0.2) is 4.80 Å². The maximum absolute atomic E-state index is 13.7. The van der Waals surface area contributed by atoms with E-state index < -0.39 is 12.0 Å². The third-order valence-electron chi connectivity index (χ3n) is 6.02. The highest BCUT2D eigenvalue weighted by atomic mass is 32.2. The second-order valence-corrected chi connectivity index (χ2v) is 11.3. The molecule has 0 bridgehead atoms. The smallest absolute Gasteiger partial charge is 0.338 e. The van der Waals surface area contributed by atoms with Crippen LogP contribution in [-0.2, 0) is 14.9 Å². The molecule has 0 spiro atoms. The van der Waals surface area contributed by atoms with Crippen LogP contribution >= 0.6 is 23.1 Å². The number of rotatable bonds is 5. The van der Waals surface area contributed by atoms with Crippen molar-refractivity contribution in [2.24, 2.45) is 4.99 Å². The summed E-state index contributed by atoms with van der Waals surface area (Å²) >= 11 is 2.98. The van der Waals surface area contributed by atoms with Crippen molar-refractivity contribution in [2.75, 3.05) is 12.9 Å². The van der Waals surface area contributed by atoms with Crippen molar-refractivity contribution in [3.8, 4) is 0 Å². The Morgan fingerprint density at radius 1 is 1.14 bits per heavy atom. The van der Waals surface area contributed by atoms with Crippen LogP contribution in [0.15, 0.2) is 74.5 Å². The highest BCUT2D eigenvalue weighted by Gasteiger charge is 2.33. The van der Waals surface area contributed by atoms with Gasteiger partial charge in [-0.1, -0.05) is 68.5 Å². The van der Waals surface area contributed by atoms with E-state index in [0.29, 0.717) is 20.6 Å². The molecule has 2 heterocycles. The van der Waals surface area contributed by atoms with Gasteiger partial charge in [-0.3, -0.25) is 9.36 Å². The second-order valence-electron chi connectivity index (χ2n) is 9.45. The number of aromatic nitrogens is 1. The van der Waals surface area contributed by atoms with Gasteiger partial charge in [0.2, 0.25) is 0 Å². The van der Waals surface area contributed by atoms with Crippen LogP contribution in [0.3, 0.4) is 0 Å². The minimum Gasteiger partial charge on any atom is -0.463 e. The molecule has 0 saturated heterocycles. The minimum atomic E-state index is -0.591. The fourth-order valence-corrected chi connectivity index (χ4v) is 5.58. The summed E-state index contributed by atoms with van der Waals surface area (Å²) in [4.78, 5) is 33.0. The molecule has 0 fully saturated rings. The monoisotopic (exact) mass is 506 g/mol. The zero-order valence-electron chi connectivity index (χ0n) is 20.9. The highest BCUT2D eigenvalue weighted by molar-refractivity contribution is 7.98. The van der Waals surface area contributed by atoms with Crippen molar-refractivity contribution < 1.29 is 9.53 Å². The van der Waals surface area contributed by atoms with E-state index in [9.17, 15) is 9.59 Å². The number of hydrogen-bond acceptors (Lipinski definition) is 6. The summed E-state index contributed by atoms with van der Waals surface area (Å²) in [5.74, 6) is -0.445. The minimum absolute atomic E-state index is 0.0602. The average Bonchev–Trinajstić information content (AvgIpc) is 3.12. The van der Waals surface area contributed by atoms with Crippen LogP contribution in [0.2, 0.25) is 0 Å². The number of allylic oxidation sites excluding steroid dienone is 1. The van der Waals surface area contributed by atoms with E-state index >= 15 is 0 Å². The molecular weight excluding hydrogens is 476 g/mol. The highest BCUT2D eigenvalue weighted by Crippen LogP contribution is 2.31. The zero-order chi connectivity index (χ0) is 25.3. The third kappa shape index (κ3) is 5.07. The molecule has 7 heteroatoms. The van der Waals surface area contributed by atoms with E-state index in [2.05, 4.69) is 37.9 Å². The normalized spacial score (nSPS) is 16.2. The fourth-order valence-electron chi connectivity index (χ4n) is 4.12. The Balaban J connectivity index is 1.88. The third-order valence-corrected chi connectivity index (χ3v) is 7.75. The molecule has 182 valence electrons. The second kappa shape index (κ2) is 9.99. The van der Waals surface area contributed by atoms with Crippen molar-refractivity contribution in [2.45, 2.75) is 51.0 Å². The van der Waals surface area contributed by atoms with Crippen LogP contribution in [0.25, 0.3) is 6.08 Å². The number of thiazole rings is 1. The van der Waals surface area contributed by atoms with Crippen LogP contribution < -0.4 is 14.9 Å². The molecule has 1 aliphatic rings. The standard InChI is InChI=1S/C28H30N2O3S2/c1-7-33-26(32)23-17(2)29-27-30(24(23)19-10-14-21(34-6)15-11-19)25(31)22(35-27)16-18-8-12-20(13-9-18)28(3,4)5/h8-16,24H,7H2,1-6H3. The molecule has 0 amide bonds. The number of carbonyl (C=O) groups is 1. The van der Waals surface area contributed by atoms with Crippen molar-refractivity contribution in [3.05, 3.63) is 96.2 Å². The largest absolute Gasteiger partial charge is 0.463 e. The molecule has 35 heavy (non-hydrogen) atoms. The lowest BCUT2D eigenvalue weighted by atomic mass is 9.87. The number of benzene rings is 2. The van der Waals surface area contributed by atoms with E-state index in [1.807, 2.05) is 48.7 Å². The first kappa shape index (κ1) is 25.2. The molecule has 4 rings (SSSR count). The van der Waals surface area contributed by atoms with E-state index in [1.54, 1.807) is 30.2 Å². The maximum Gasteiger partial charge on any atom is 0.338 e. The molecule has 0 N–H and O–H groups in total. The van der Waals surface area contributed by atoms with Gasteiger partial charge in [-0.05, 0) is 60.4 Å². The van der Waals surface area contributed by atoms with Crippen LogP contribution in [-0.4, -0.2) is 23.4 Å². The SMILES string of the molecule is CCOC(=O)C1=C(C)N=c2sc(=Cc3ccc(C(C)(C)C)cc3)c(=O)n2C1c1ccc(SC)cc1. The van der Waals surface area contributed by atoms with Gasteiger partial charge >= 0.3 is 5.97 Å². The Morgan fingerprint density at radius 3 is 2.37 bits per heavy atom. The molecule has 0 saturated carbocycles. The van der Waals surface area contributed by atoms with E-state index in [1.165, 1.54) is 16.9 Å². The number of hydrogen-bond donors (Lipinski definition) is 0. The Kier molecular flexibility index (Phi) is 7.20. The summed E-state index contributed by atoms with van der Waals surface area (Å²) in [6.45, 7) is 10.4. The lowest BCUT2D eigenvalue weighted by molar-refractivity contribution is -0.139.